The molecule has 0 spiro atoms. The van der Waals surface area contributed by atoms with Crippen LogP contribution in [0.4, 0.5) is 16.2 Å². The number of carboxylic acid groups (broad SMARTS) is 1. The second-order valence-corrected chi connectivity index (χ2v) is 4.99. The summed E-state index contributed by atoms with van der Waals surface area (Å²) in [6.45, 7) is 3.06. The van der Waals surface area contributed by atoms with Crippen LogP contribution in [0.15, 0.2) is 24.3 Å². The third kappa shape index (κ3) is 4.35. The first kappa shape index (κ1) is 15.1. The number of anilines is 2. The Bertz CT molecular complexity index is 513. The van der Waals surface area contributed by atoms with Gasteiger partial charge in [-0.25, -0.2) is 4.79 Å². The lowest BCUT2D eigenvalue weighted by Crippen LogP contribution is -2.50. The molecule has 0 bridgehead atoms. The van der Waals surface area contributed by atoms with Gasteiger partial charge in [0.2, 0.25) is 0 Å². The monoisotopic (exact) mass is 292 g/mol. The van der Waals surface area contributed by atoms with Gasteiger partial charge < -0.3 is 21.1 Å². The van der Waals surface area contributed by atoms with Gasteiger partial charge in [-0.2, -0.15) is 0 Å². The lowest BCUT2D eigenvalue weighted by atomic mass is 10.2. The molecular formula is C14H20N4O3. The Balaban J connectivity index is 1.81. The van der Waals surface area contributed by atoms with E-state index in [1.807, 2.05) is 12.1 Å². The Hall–Kier alpha value is -2.28. The molecule has 0 aromatic heterocycles. The maximum absolute atomic E-state index is 12.1. The summed E-state index contributed by atoms with van der Waals surface area (Å²) in [5, 5.41) is 11.5. The first-order valence-corrected chi connectivity index (χ1v) is 6.91. The van der Waals surface area contributed by atoms with E-state index in [1.165, 1.54) is 0 Å². The molecule has 0 atom stereocenters. The van der Waals surface area contributed by atoms with Crippen molar-refractivity contribution >= 4 is 23.4 Å². The zero-order chi connectivity index (χ0) is 15.2. The predicted octanol–water partition coefficient (Wildman–Crippen LogP) is 0.893. The highest BCUT2D eigenvalue weighted by atomic mass is 16.4. The van der Waals surface area contributed by atoms with E-state index in [2.05, 4.69) is 10.2 Å². The lowest BCUT2D eigenvalue weighted by molar-refractivity contribution is -0.137. The Kier molecular flexibility index (Phi) is 4.99. The molecule has 114 valence electrons. The number of benzene rings is 1. The second-order valence-electron chi connectivity index (χ2n) is 4.99. The van der Waals surface area contributed by atoms with E-state index >= 15 is 0 Å². The van der Waals surface area contributed by atoms with Crippen molar-refractivity contribution in [3.63, 3.8) is 0 Å². The van der Waals surface area contributed by atoms with Gasteiger partial charge in [0, 0.05) is 32.7 Å². The van der Waals surface area contributed by atoms with Gasteiger partial charge in [-0.15, -0.1) is 0 Å². The first-order chi connectivity index (χ1) is 10.1. The Morgan fingerprint density at radius 3 is 2.48 bits per heavy atom. The van der Waals surface area contributed by atoms with E-state index < -0.39 is 5.97 Å². The van der Waals surface area contributed by atoms with Crippen molar-refractivity contribution in [2.24, 2.45) is 0 Å². The maximum atomic E-state index is 12.1. The topological polar surface area (TPSA) is 98.9 Å². The largest absolute Gasteiger partial charge is 0.481 e. The Morgan fingerprint density at radius 1 is 1.19 bits per heavy atom. The van der Waals surface area contributed by atoms with E-state index in [9.17, 15) is 9.59 Å². The van der Waals surface area contributed by atoms with Crippen LogP contribution in [0.1, 0.15) is 6.42 Å². The summed E-state index contributed by atoms with van der Waals surface area (Å²) in [5.74, 6) is -0.797. The number of hydrogen-bond acceptors (Lipinski definition) is 4. The molecule has 1 heterocycles. The van der Waals surface area contributed by atoms with Crippen LogP contribution >= 0.6 is 0 Å². The van der Waals surface area contributed by atoms with Crippen LogP contribution in [0, 0.1) is 0 Å². The number of piperazine rings is 1. The second kappa shape index (κ2) is 6.94. The molecule has 0 aliphatic carbocycles. The molecule has 1 fully saturated rings. The van der Waals surface area contributed by atoms with E-state index in [-0.39, 0.29) is 12.5 Å². The molecule has 1 aliphatic heterocycles. The average molecular weight is 292 g/mol. The van der Waals surface area contributed by atoms with E-state index in [1.54, 1.807) is 17.0 Å². The fraction of sp³-hybridized carbons (Fsp3) is 0.429. The number of nitrogens with two attached hydrogens (primary N) is 1. The molecule has 0 radical (unpaired) electrons. The molecule has 2 amide bonds. The fourth-order valence-corrected chi connectivity index (χ4v) is 2.23. The number of urea groups is 1. The SMILES string of the molecule is Nc1ccccc1NC(=O)N1CCN(CCC(=O)O)CC1. The molecule has 1 aromatic carbocycles. The van der Waals surface area contributed by atoms with E-state index in [0.717, 1.165) is 0 Å². The predicted molar refractivity (Wildman–Crippen MR) is 80.1 cm³/mol. The van der Waals surface area contributed by atoms with Gasteiger partial charge in [-0.05, 0) is 12.1 Å². The summed E-state index contributed by atoms with van der Waals surface area (Å²) >= 11 is 0. The van der Waals surface area contributed by atoms with Gasteiger partial charge in [0.1, 0.15) is 0 Å². The number of carboxylic acids is 1. The highest BCUT2D eigenvalue weighted by Crippen LogP contribution is 2.17. The van der Waals surface area contributed by atoms with Gasteiger partial charge in [0.15, 0.2) is 0 Å². The molecule has 2 rings (SSSR count). The number of para-hydroxylation sites is 2. The minimum atomic E-state index is -0.797. The maximum Gasteiger partial charge on any atom is 0.321 e. The van der Waals surface area contributed by atoms with Gasteiger partial charge in [-0.3, -0.25) is 9.69 Å². The molecule has 4 N–H and O–H groups in total. The van der Waals surface area contributed by atoms with Gasteiger partial charge >= 0.3 is 12.0 Å². The quantitative estimate of drug-likeness (QED) is 0.716. The number of nitrogens with zero attached hydrogens (tertiary/aromatic N) is 2. The number of nitrogen functional groups attached to an aromatic ring is 1. The van der Waals surface area contributed by atoms with E-state index in [0.29, 0.717) is 44.1 Å². The highest BCUT2D eigenvalue weighted by Gasteiger charge is 2.21. The lowest BCUT2D eigenvalue weighted by Gasteiger charge is -2.34. The van der Waals surface area contributed by atoms with Gasteiger partial charge in [0.25, 0.3) is 0 Å². The van der Waals surface area contributed by atoms with Gasteiger partial charge in [0.05, 0.1) is 17.8 Å². The third-order valence-electron chi connectivity index (χ3n) is 3.50. The molecular weight excluding hydrogens is 272 g/mol. The normalized spacial score (nSPS) is 15.7. The average Bonchev–Trinajstić information content (AvgIpc) is 2.48. The van der Waals surface area contributed by atoms with Crippen LogP contribution < -0.4 is 11.1 Å². The number of rotatable bonds is 4. The number of hydrogen-bond donors (Lipinski definition) is 3. The zero-order valence-electron chi connectivity index (χ0n) is 11.8. The van der Waals surface area contributed by atoms with Crippen LogP contribution in [-0.4, -0.2) is 59.6 Å². The van der Waals surface area contributed by atoms with Crippen molar-refractivity contribution in [3.8, 4) is 0 Å². The number of carbonyl (C=O) groups excluding carboxylic acids is 1. The smallest absolute Gasteiger partial charge is 0.321 e. The van der Waals surface area contributed by atoms with Crippen molar-refractivity contribution in [1.29, 1.82) is 0 Å². The van der Waals surface area contributed by atoms with Crippen LogP contribution in [-0.2, 0) is 4.79 Å². The van der Waals surface area contributed by atoms with Crippen LogP contribution in [0.5, 0.6) is 0 Å². The standard InChI is InChI=1S/C14H20N4O3/c15-11-3-1-2-4-12(11)16-14(21)18-9-7-17(8-10-18)6-5-13(19)20/h1-4H,5-10,15H2,(H,16,21)(H,19,20). The van der Waals surface area contributed by atoms with E-state index in [4.69, 9.17) is 10.8 Å². The summed E-state index contributed by atoms with van der Waals surface area (Å²) in [6, 6.07) is 6.95. The summed E-state index contributed by atoms with van der Waals surface area (Å²) in [6.07, 6.45) is 0.132. The first-order valence-electron chi connectivity index (χ1n) is 6.91. The molecule has 1 aromatic rings. The van der Waals surface area contributed by atoms with Crippen LogP contribution in [0.25, 0.3) is 0 Å². The summed E-state index contributed by atoms with van der Waals surface area (Å²) in [4.78, 5) is 26.4. The molecule has 1 saturated heterocycles. The fourth-order valence-electron chi connectivity index (χ4n) is 2.23. The van der Waals surface area contributed by atoms with Crippen molar-refractivity contribution in [2.45, 2.75) is 6.42 Å². The molecule has 0 saturated carbocycles. The molecule has 7 heteroatoms. The Labute approximate surface area is 123 Å². The molecule has 1 aliphatic rings. The third-order valence-corrected chi connectivity index (χ3v) is 3.50. The highest BCUT2D eigenvalue weighted by molar-refractivity contribution is 5.92. The van der Waals surface area contributed by atoms with Crippen molar-refractivity contribution < 1.29 is 14.7 Å². The number of aliphatic carboxylic acids is 1. The van der Waals surface area contributed by atoms with Crippen LogP contribution in [0.3, 0.4) is 0 Å². The van der Waals surface area contributed by atoms with Crippen molar-refractivity contribution in [2.75, 3.05) is 43.8 Å². The number of carbonyl (C=O) groups is 2. The number of amides is 2. The molecule has 21 heavy (non-hydrogen) atoms. The minimum Gasteiger partial charge on any atom is -0.481 e. The van der Waals surface area contributed by atoms with Crippen molar-refractivity contribution in [1.82, 2.24) is 9.80 Å². The number of nitrogens with one attached hydrogen (secondary N) is 1. The Morgan fingerprint density at radius 2 is 1.86 bits per heavy atom. The molecule has 0 unspecified atom stereocenters. The van der Waals surface area contributed by atoms with Gasteiger partial charge in [-0.1, -0.05) is 12.1 Å². The van der Waals surface area contributed by atoms with Crippen LogP contribution in [0.2, 0.25) is 0 Å². The summed E-state index contributed by atoms with van der Waals surface area (Å²) < 4.78 is 0. The molecule has 7 nitrogen and oxygen atoms in total. The summed E-state index contributed by atoms with van der Waals surface area (Å²) in [5.41, 5.74) is 6.93. The van der Waals surface area contributed by atoms with Crippen molar-refractivity contribution in [3.05, 3.63) is 24.3 Å². The minimum absolute atomic E-state index is 0.132. The summed E-state index contributed by atoms with van der Waals surface area (Å²) in [7, 11) is 0. The zero-order valence-corrected chi connectivity index (χ0v) is 11.8.